The highest BCUT2D eigenvalue weighted by Gasteiger charge is 2.32. The molecule has 1 aliphatic rings. The quantitative estimate of drug-likeness (QED) is 0.926. The lowest BCUT2D eigenvalue weighted by molar-refractivity contribution is 0.0549. The van der Waals surface area contributed by atoms with Crippen molar-refractivity contribution < 1.29 is 13.6 Å². The smallest absolute Gasteiger partial charge is 0.260 e. The van der Waals surface area contributed by atoms with Gasteiger partial charge in [0.2, 0.25) is 0 Å². The summed E-state index contributed by atoms with van der Waals surface area (Å²) < 4.78 is 27.4. The van der Waals surface area contributed by atoms with Gasteiger partial charge in [0.25, 0.3) is 5.91 Å². The zero-order valence-electron chi connectivity index (χ0n) is 11.6. The van der Waals surface area contributed by atoms with Gasteiger partial charge in [0.05, 0.1) is 0 Å². The van der Waals surface area contributed by atoms with Crippen LogP contribution < -0.4 is 5.73 Å². The van der Waals surface area contributed by atoms with E-state index >= 15 is 0 Å². The number of piperidine rings is 1. The van der Waals surface area contributed by atoms with Gasteiger partial charge in [-0.05, 0) is 30.9 Å². The Kier molecular flexibility index (Phi) is 4.70. The maximum absolute atomic E-state index is 13.7. The normalized spacial score (nSPS) is 22.9. The number of hydrogen-bond acceptors (Lipinski definition) is 2. The summed E-state index contributed by atoms with van der Waals surface area (Å²) in [5.74, 6) is -1.70. The Hall–Kier alpha value is -1.49. The van der Waals surface area contributed by atoms with Crippen molar-refractivity contribution in [3.63, 3.8) is 0 Å². The van der Waals surface area contributed by atoms with Crippen LogP contribution in [-0.4, -0.2) is 29.9 Å². The van der Waals surface area contributed by atoms with Crippen molar-refractivity contribution in [1.29, 1.82) is 0 Å². The molecule has 5 heteroatoms. The number of carbonyl (C=O) groups excluding carboxylic acids is 1. The molecule has 2 unspecified atom stereocenters. The molecule has 2 rings (SSSR count). The van der Waals surface area contributed by atoms with Crippen LogP contribution in [0.1, 0.15) is 36.5 Å². The fourth-order valence-electron chi connectivity index (χ4n) is 2.84. The number of amides is 1. The molecule has 1 heterocycles. The fourth-order valence-corrected chi connectivity index (χ4v) is 2.84. The summed E-state index contributed by atoms with van der Waals surface area (Å²) in [4.78, 5) is 13.9. The number of carbonyl (C=O) groups is 1. The summed E-state index contributed by atoms with van der Waals surface area (Å²) in [5, 5.41) is 0. The van der Waals surface area contributed by atoms with Gasteiger partial charge in [-0.3, -0.25) is 4.79 Å². The average Bonchev–Trinajstić information content (AvgIpc) is 2.46. The summed E-state index contributed by atoms with van der Waals surface area (Å²) in [6.45, 7) is 2.93. The molecular formula is C15H20F2N2O. The number of nitrogens with two attached hydrogens (primary N) is 1. The van der Waals surface area contributed by atoms with Gasteiger partial charge in [-0.25, -0.2) is 8.78 Å². The number of halogens is 2. The summed E-state index contributed by atoms with van der Waals surface area (Å²) in [7, 11) is 0. The fraction of sp³-hybridized carbons (Fsp3) is 0.533. The summed E-state index contributed by atoms with van der Waals surface area (Å²) in [5.41, 5.74) is 5.25. The van der Waals surface area contributed by atoms with E-state index in [2.05, 4.69) is 6.92 Å². The first-order valence-corrected chi connectivity index (χ1v) is 7.03. The molecule has 3 nitrogen and oxygen atoms in total. The molecule has 1 aliphatic heterocycles. The third-order valence-electron chi connectivity index (χ3n) is 4.11. The molecule has 20 heavy (non-hydrogen) atoms. The van der Waals surface area contributed by atoms with E-state index in [1.807, 2.05) is 0 Å². The standard InChI is InChI=1S/C15H20F2N2O/c1-2-10-6-7-19(11(8-10)9-18)15(20)14-12(16)4-3-5-13(14)17/h3-5,10-11H,2,6-9,18H2,1H3. The van der Waals surface area contributed by atoms with Gasteiger partial charge in [-0.2, -0.15) is 0 Å². The highest BCUT2D eigenvalue weighted by molar-refractivity contribution is 5.95. The first kappa shape index (κ1) is 14.9. The number of likely N-dealkylation sites (tertiary alicyclic amines) is 1. The Labute approximate surface area is 117 Å². The molecule has 0 saturated carbocycles. The van der Waals surface area contributed by atoms with Gasteiger partial charge in [0.15, 0.2) is 0 Å². The second-order valence-electron chi connectivity index (χ2n) is 5.28. The Bertz CT molecular complexity index is 473. The molecule has 110 valence electrons. The average molecular weight is 282 g/mol. The lowest BCUT2D eigenvalue weighted by Crippen LogP contribution is -2.50. The monoisotopic (exact) mass is 282 g/mol. The van der Waals surface area contributed by atoms with Crippen molar-refractivity contribution in [1.82, 2.24) is 4.90 Å². The molecule has 0 spiro atoms. The summed E-state index contributed by atoms with van der Waals surface area (Å²) in [6, 6.07) is 3.32. The van der Waals surface area contributed by atoms with Gasteiger partial charge >= 0.3 is 0 Å². The molecule has 1 saturated heterocycles. The summed E-state index contributed by atoms with van der Waals surface area (Å²) >= 11 is 0. The molecule has 1 aromatic rings. The van der Waals surface area contributed by atoms with Crippen molar-refractivity contribution in [2.24, 2.45) is 11.7 Å². The summed E-state index contributed by atoms with van der Waals surface area (Å²) in [6.07, 6.45) is 2.69. The number of rotatable bonds is 3. The van der Waals surface area contributed by atoms with E-state index in [-0.39, 0.29) is 6.04 Å². The maximum Gasteiger partial charge on any atom is 0.260 e. The molecule has 2 N–H and O–H groups in total. The van der Waals surface area contributed by atoms with E-state index in [0.29, 0.717) is 19.0 Å². The Morgan fingerprint density at radius 1 is 1.40 bits per heavy atom. The van der Waals surface area contributed by atoms with Crippen LogP contribution in [0.5, 0.6) is 0 Å². The van der Waals surface area contributed by atoms with Crippen molar-refractivity contribution in [2.45, 2.75) is 32.2 Å². The minimum absolute atomic E-state index is 0.139. The SMILES string of the molecule is CCC1CCN(C(=O)c2c(F)cccc2F)C(CN)C1. The lowest BCUT2D eigenvalue weighted by Gasteiger charge is -2.39. The molecule has 1 amide bonds. The van der Waals surface area contributed by atoms with E-state index in [1.54, 1.807) is 0 Å². The van der Waals surface area contributed by atoms with Crippen LogP contribution in [0.2, 0.25) is 0 Å². The third kappa shape index (κ3) is 2.82. The lowest BCUT2D eigenvalue weighted by atomic mass is 9.88. The van der Waals surface area contributed by atoms with Crippen LogP contribution in [0.15, 0.2) is 18.2 Å². The van der Waals surface area contributed by atoms with Gasteiger partial charge in [0.1, 0.15) is 17.2 Å². The zero-order valence-corrected chi connectivity index (χ0v) is 11.6. The number of hydrogen-bond donors (Lipinski definition) is 1. The predicted octanol–water partition coefficient (Wildman–Crippen LogP) is 2.55. The van der Waals surface area contributed by atoms with Crippen LogP contribution >= 0.6 is 0 Å². The van der Waals surface area contributed by atoms with Gasteiger partial charge in [-0.1, -0.05) is 19.4 Å². The first-order valence-electron chi connectivity index (χ1n) is 7.03. The Morgan fingerprint density at radius 2 is 2.05 bits per heavy atom. The molecule has 1 fully saturated rings. The highest BCUT2D eigenvalue weighted by Crippen LogP contribution is 2.27. The molecular weight excluding hydrogens is 262 g/mol. The van der Waals surface area contributed by atoms with E-state index in [9.17, 15) is 13.6 Å². The van der Waals surface area contributed by atoms with Gasteiger partial charge < -0.3 is 10.6 Å². The number of benzene rings is 1. The van der Waals surface area contributed by atoms with Crippen molar-refractivity contribution in [3.05, 3.63) is 35.4 Å². The van der Waals surface area contributed by atoms with E-state index in [4.69, 9.17) is 5.73 Å². The van der Waals surface area contributed by atoms with Crippen LogP contribution in [0.3, 0.4) is 0 Å². The molecule has 0 bridgehead atoms. The van der Waals surface area contributed by atoms with E-state index in [1.165, 1.54) is 11.0 Å². The molecule has 0 aromatic heterocycles. The van der Waals surface area contributed by atoms with Crippen LogP contribution in [0.4, 0.5) is 8.78 Å². The molecule has 0 aliphatic carbocycles. The Balaban J connectivity index is 2.24. The second kappa shape index (κ2) is 6.31. The van der Waals surface area contributed by atoms with Crippen LogP contribution in [-0.2, 0) is 0 Å². The Morgan fingerprint density at radius 3 is 2.60 bits per heavy atom. The van der Waals surface area contributed by atoms with Gasteiger partial charge in [-0.15, -0.1) is 0 Å². The minimum atomic E-state index is -0.816. The van der Waals surface area contributed by atoms with Crippen molar-refractivity contribution in [3.8, 4) is 0 Å². The molecule has 0 radical (unpaired) electrons. The van der Waals surface area contributed by atoms with Gasteiger partial charge in [0, 0.05) is 19.1 Å². The zero-order chi connectivity index (χ0) is 14.7. The van der Waals surface area contributed by atoms with Crippen LogP contribution in [0, 0.1) is 17.6 Å². The highest BCUT2D eigenvalue weighted by atomic mass is 19.1. The molecule has 1 aromatic carbocycles. The largest absolute Gasteiger partial charge is 0.334 e. The second-order valence-corrected chi connectivity index (χ2v) is 5.28. The van der Waals surface area contributed by atoms with Crippen molar-refractivity contribution >= 4 is 5.91 Å². The van der Waals surface area contributed by atoms with Crippen molar-refractivity contribution in [2.75, 3.05) is 13.1 Å². The maximum atomic E-state index is 13.7. The minimum Gasteiger partial charge on any atom is -0.334 e. The van der Waals surface area contributed by atoms with E-state index in [0.717, 1.165) is 31.4 Å². The third-order valence-corrected chi connectivity index (χ3v) is 4.11. The predicted molar refractivity (Wildman–Crippen MR) is 73.3 cm³/mol. The van der Waals surface area contributed by atoms with E-state index < -0.39 is 23.1 Å². The first-order chi connectivity index (χ1) is 9.58. The topological polar surface area (TPSA) is 46.3 Å². The number of nitrogens with zero attached hydrogens (tertiary/aromatic N) is 1. The van der Waals surface area contributed by atoms with Crippen LogP contribution in [0.25, 0.3) is 0 Å². The molecule has 2 atom stereocenters.